The monoisotopic (exact) mass is 270 g/mol. The second kappa shape index (κ2) is 4.78. The second-order valence-corrected chi connectivity index (χ2v) is 5.25. The SMILES string of the molecule is O=[N+]([O-])c1ccccc1Cc1nc2ccccc2s1. The predicted molar refractivity (Wildman–Crippen MR) is 75.5 cm³/mol. The molecular formula is C14H10N2O2S. The Labute approximate surface area is 113 Å². The number of para-hydroxylation sites is 2. The number of nitro groups is 1. The summed E-state index contributed by atoms with van der Waals surface area (Å²) in [6.45, 7) is 0. The van der Waals surface area contributed by atoms with Gasteiger partial charge in [0.1, 0.15) is 0 Å². The van der Waals surface area contributed by atoms with Crippen molar-refractivity contribution in [3.8, 4) is 0 Å². The van der Waals surface area contributed by atoms with Crippen molar-refractivity contribution in [1.29, 1.82) is 0 Å². The summed E-state index contributed by atoms with van der Waals surface area (Å²) in [6.07, 6.45) is 0.497. The molecule has 2 aromatic carbocycles. The molecule has 3 aromatic rings. The van der Waals surface area contributed by atoms with Gasteiger partial charge in [0.2, 0.25) is 0 Å². The van der Waals surface area contributed by atoms with Gasteiger partial charge >= 0.3 is 0 Å². The molecular weight excluding hydrogens is 260 g/mol. The summed E-state index contributed by atoms with van der Waals surface area (Å²) in [6, 6.07) is 14.7. The van der Waals surface area contributed by atoms with E-state index < -0.39 is 0 Å². The van der Waals surface area contributed by atoms with E-state index in [0.29, 0.717) is 12.0 Å². The fourth-order valence-electron chi connectivity index (χ4n) is 2.00. The van der Waals surface area contributed by atoms with Gasteiger partial charge in [-0.3, -0.25) is 10.1 Å². The lowest BCUT2D eigenvalue weighted by Crippen LogP contribution is -1.95. The summed E-state index contributed by atoms with van der Waals surface area (Å²) in [5, 5.41) is 11.9. The molecule has 0 saturated carbocycles. The minimum absolute atomic E-state index is 0.154. The molecule has 0 bridgehead atoms. The summed E-state index contributed by atoms with van der Waals surface area (Å²) >= 11 is 1.58. The molecule has 0 aliphatic heterocycles. The average Bonchev–Trinajstić information content (AvgIpc) is 2.81. The molecule has 0 radical (unpaired) electrons. The summed E-state index contributed by atoms with van der Waals surface area (Å²) in [7, 11) is 0. The summed E-state index contributed by atoms with van der Waals surface area (Å²) < 4.78 is 1.11. The smallest absolute Gasteiger partial charge is 0.258 e. The molecule has 1 heterocycles. The van der Waals surface area contributed by atoms with Crippen LogP contribution in [0.5, 0.6) is 0 Å². The molecule has 0 aliphatic rings. The lowest BCUT2D eigenvalue weighted by Gasteiger charge is -1.99. The standard InChI is InChI=1S/C14H10N2O2S/c17-16(18)12-7-3-1-5-10(12)9-14-15-11-6-2-4-8-13(11)19-14/h1-8H,9H2. The first-order valence-corrected chi connectivity index (χ1v) is 6.62. The van der Waals surface area contributed by atoms with E-state index in [2.05, 4.69) is 4.98 Å². The Hall–Kier alpha value is -2.27. The Morgan fingerprint density at radius 1 is 1.11 bits per heavy atom. The Balaban J connectivity index is 1.99. The molecule has 4 nitrogen and oxygen atoms in total. The molecule has 0 aliphatic carbocycles. The van der Waals surface area contributed by atoms with Crippen molar-refractivity contribution in [3.63, 3.8) is 0 Å². The highest BCUT2D eigenvalue weighted by Crippen LogP contribution is 2.26. The first-order chi connectivity index (χ1) is 9.24. The van der Waals surface area contributed by atoms with Gasteiger partial charge in [-0.2, -0.15) is 0 Å². The lowest BCUT2D eigenvalue weighted by molar-refractivity contribution is -0.385. The van der Waals surface area contributed by atoms with Crippen LogP contribution >= 0.6 is 11.3 Å². The zero-order valence-electron chi connectivity index (χ0n) is 9.95. The molecule has 0 spiro atoms. The largest absolute Gasteiger partial charge is 0.273 e. The maximum Gasteiger partial charge on any atom is 0.273 e. The van der Waals surface area contributed by atoms with Crippen LogP contribution in [0.1, 0.15) is 10.6 Å². The van der Waals surface area contributed by atoms with E-state index in [1.807, 2.05) is 30.3 Å². The van der Waals surface area contributed by atoms with Gasteiger partial charge in [-0.05, 0) is 12.1 Å². The van der Waals surface area contributed by atoms with Gasteiger partial charge in [0.25, 0.3) is 5.69 Å². The maximum absolute atomic E-state index is 11.0. The zero-order valence-corrected chi connectivity index (χ0v) is 10.8. The first kappa shape index (κ1) is 11.8. The molecule has 0 fully saturated rings. The Morgan fingerprint density at radius 3 is 2.63 bits per heavy atom. The van der Waals surface area contributed by atoms with Crippen molar-refractivity contribution in [2.45, 2.75) is 6.42 Å². The molecule has 0 unspecified atom stereocenters. The average molecular weight is 270 g/mol. The van der Waals surface area contributed by atoms with E-state index in [9.17, 15) is 10.1 Å². The highest BCUT2D eigenvalue weighted by molar-refractivity contribution is 7.18. The van der Waals surface area contributed by atoms with Gasteiger partial charge in [0, 0.05) is 18.1 Å². The maximum atomic E-state index is 11.0. The highest BCUT2D eigenvalue weighted by atomic mass is 32.1. The van der Waals surface area contributed by atoms with Crippen molar-refractivity contribution in [1.82, 2.24) is 4.98 Å². The topological polar surface area (TPSA) is 56.0 Å². The fraction of sp³-hybridized carbons (Fsp3) is 0.0714. The molecule has 0 atom stereocenters. The molecule has 0 N–H and O–H groups in total. The number of nitro benzene ring substituents is 1. The number of rotatable bonds is 3. The van der Waals surface area contributed by atoms with Crippen LogP contribution in [-0.2, 0) is 6.42 Å². The van der Waals surface area contributed by atoms with Gasteiger partial charge in [-0.15, -0.1) is 11.3 Å². The van der Waals surface area contributed by atoms with Crippen LogP contribution in [-0.4, -0.2) is 9.91 Å². The van der Waals surface area contributed by atoms with Crippen LogP contribution < -0.4 is 0 Å². The summed E-state index contributed by atoms with van der Waals surface area (Å²) in [4.78, 5) is 15.1. The van der Waals surface area contributed by atoms with Gasteiger partial charge in [-0.25, -0.2) is 4.98 Å². The van der Waals surface area contributed by atoms with Crippen LogP contribution in [0.4, 0.5) is 5.69 Å². The van der Waals surface area contributed by atoms with Crippen LogP contribution in [0.2, 0.25) is 0 Å². The molecule has 19 heavy (non-hydrogen) atoms. The highest BCUT2D eigenvalue weighted by Gasteiger charge is 2.14. The third-order valence-corrected chi connectivity index (χ3v) is 3.90. The fourth-order valence-corrected chi connectivity index (χ4v) is 2.99. The molecule has 3 rings (SSSR count). The van der Waals surface area contributed by atoms with E-state index >= 15 is 0 Å². The van der Waals surface area contributed by atoms with Crippen LogP contribution in [0, 0.1) is 10.1 Å². The Morgan fingerprint density at radius 2 is 1.84 bits per heavy atom. The van der Waals surface area contributed by atoms with E-state index in [-0.39, 0.29) is 10.6 Å². The van der Waals surface area contributed by atoms with E-state index in [1.54, 1.807) is 23.5 Å². The van der Waals surface area contributed by atoms with Crippen LogP contribution in [0.25, 0.3) is 10.2 Å². The van der Waals surface area contributed by atoms with Crippen molar-refractivity contribution in [3.05, 3.63) is 69.2 Å². The van der Waals surface area contributed by atoms with E-state index in [4.69, 9.17) is 0 Å². The Bertz CT molecular complexity index is 719. The van der Waals surface area contributed by atoms with Crippen molar-refractivity contribution >= 4 is 27.2 Å². The van der Waals surface area contributed by atoms with Gasteiger partial charge < -0.3 is 0 Å². The number of thiazole rings is 1. The lowest BCUT2D eigenvalue weighted by atomic mass is 10.1. The normalized spacial score (nSPS) is 10.7. The molecule has 5 heteroatoms. The molecule has 0 amide bonds. The molecule has 0 saturated heterocycles. The number of nitrogens with zero attached hydrogens (tertiary/aromatic N) is 2. The summed E-state index contributed by atoms with van der Waals surface area (Å²) in [5.41, 5.74) is 1.80. The quantitative estimate of drug-likeness (QED) is 0.537. The van der Waals surface area contributed by atoms with Gasteiger partial charge in [-0.1, -0.05) is 30.3 Å². The predicted octanol–water partition coefficient (Wildman–Crippen LogP) is 3.80. The van der Waals surface area contributed by atoms with Crippen molar-refractivity contribution in [2.24, 2.45) is 0 Å². The van der Waals surface area contributed by atoms with Crippen LogP contribution in [0.15, 0.2) is 48.5 Å². The summed E-state index contributed by atoms with van der Waals surface area (Å²) in [5.74, 6) is 0. The van der Waals surface area contributed by atoms with Gasteiger partial charge in [0.05, 0.1) is 20.1 Å². The second-order valence-electron chi connectivity index (χ2n) is 4.14. The number of fused-ring (bicyclic) bond motifs is 1. The first-order valence-electron chi connectivity index (χ1n) is 5.81. The van der Waals surface area contributed by atoms with E-state index in [1.165, 1.54) is 6.07 Å². The molecule has 1 aromatic heterocycles. The zero-order chi connectivity index (χ0) is 13.2. The van der Waals surface area contributed by atoms with Gasteiger partial charge in [0.15, 0.2) is 0 Å². The van der Waals surface area contributed by atoms with Crippen LogP contribution in [0.3, 0.4) is 0 Å². The molecule has 94 valence electrons. The third kappa shape index (κ3) is 2.32. The third-order valence-electron chi connectivity index (χ3n) is 2.87. The number of hydrogen-bond acceptors (Lipinski definition) is 4. The van der Waals surface area contributed by atoms with E-state index in [0.717, 1.165) is 15.2 Å². The number of aromatic nitrogens is 1. The Kier molecular flexibility index (Phi) is 2.97. The van der Waals surface area contributed by atoms with Crippen molar-refractivity contribution < 1.29 is 4.92 Å². The number of benzene rings is 2. The minimum atomic E-state index is -0.345. The minimum Gasteiger partial charge on any atom is -0.258 e. The number of hydrogen-bond donors (Lipinski definition) is 0. The van der Waals surface area contributed by atoms with Crippen molar-refractivity contribution in [2.75, 3.05) is 0 Å².